The summed E-state index contributed by atoms with van der Waals surface area (Å²) in [5.74, 6) is 0.277. The van der Waals surface area contributed by atoms with Crippen LogP contribution in [0.2, 0.25) is 0 Å². The van der Waals surface area contributed by atoms with E-state index in [4.69, 9.17) is 0 Å². The standard InChI is InChI=1S/C12H24N4O2/c1-13(2)9-11(17)15-5-7-16(8-6-15)12(18)10-14(3)4/h5-10H2,1-4H3. The monoisotopic (exact) mass is 256 g/mol. The molecule has 0 spiro atoms. The van der Waals surface area contributed by atoms with Gasteiger partial charge in [-0.1, -0.05) is 0 Å². The smallest absolute Gasteiger partial charge is 0.236 e. The van der Waals surface area contributed by atoms with Crippen LogP contribution < -0.4 is 0 Å². The quantitative estimate of drug-likeness (QED) is 0.633. The maximum Gasteiger partial charge on any atom is 0.236 e. The van der Waals surface area contributed by atoms with Crippen LogP contribution in [0.1, 0.15) is 0 Å². The number of amides is 2. The predicted octanol–water partition coefficient (Wildman–Crippen LogP) is -1.22. The molecule has 0 saturated carbocycles. The van der Waals surface area contributed by atoms with Crippen LogP contribution in [0.15, 0.2) is 0 Å². The third-order valence-corrected chi connectivity index (χ3v) is 2.89. The maximum absolute atomic E-state index is 11.8. The second-order valence-corrected chi connectivity index (χ2v) is 5.24. The zero-order chi connectivity index (χ0) is 13.7. The van der Waals surface area contributed by atoms with Gasteiger partial charge in [0.05, 0.1) is 13.1 Å². The van der Waals surface area contributed by atoms with Crippen LogP contribution in [-0.4, -0.2) is 98.9 Å². The summed E-state index contributed by atoms with van der Waals surface area (Å²) in [6, 6.07) is 0. The summed E-state index contributed by atoms with van der Waals surface area (Å²) in [4.78, 5) is 31.1. The maximum atomic E-state index is 11.8. The van der Waals surface area contributed by atoms with Crippen molar-refractivity contribution in [3.8, 4) is 0 Å². The van der Waals surface area contributed by atoms with Crippen LogP contribution in [0.4, 0.5) is 0 Å². The van der Waals surface area contributed by atoms with Gasteiger partial charge >= 0.3 is 0 Å². The van der Waals surface area contributed by atoms with Gasteiger partial charge in [0.15, 0.2) is 0 Å². The summed E-state index contributed by atoms with van der Waals surface area (Å²) >= 11 is 0. The number of hydrogen-bond donors (Lipinski definition) is 0. The summed E-state index contributed by atoms with van der Waals surface area (Å²) in [6.07, 6.45) is 0. The van der Waals surface area contributed by atoms with Crippen molar-refractivity contribution >= 4 is 11.8 Å². The molecule has 6 nitrogen and oxygen atoms in total. The van der Waals surface area contributed by atoms with E-state index in [-0.39, 0.29) is 11.8 Å². The Morgan fingerprint density at radius 2 is 1.06 bits per heavy atom. The first-order chi connectivity index (χ1) is 8.40. The first kappa shape index (κ1) is 14.9. The molecule has 0 aromatic heterocycles. The van der Waals surface area contributed by atoms with Gasteiger partial charge in [0.1, 0.15) is 0 Å². The number of piperazine rings is 1. The first-order valence-electron chi connectivity index (χ1n) is 6.25. The lowest BCUT2D eigenvalue weighted by atomic mass is 10.3. The Morgan fingerprint density at radius 3 is 1.28 bits per heavy atom. The molecule has 104 valence electrons. The highest BCUT2D eigenvalue weighted by atomic mass is 16.2. The van der Waals surface area contributed by atoms with Crippen LogP contribution in [0.3, 0.4) is 0 Å². The molecule has 1 saturated heterocycles. The third kappa shape index (κ3) is 4.62. The molecule has 0 unspecified atom stereocenters. The van der Waals surface area contributed by atoms with Crippen LogP contribution in [0.25, 0.3) is 0 Å². The fraction of sp³-hybridized carbons (Fsp3) is 0.833. The van der Waals surface area contributed by atoms with Crippen molar-refractivity contribution in [1.82, 2.24) is 19.6 Å². The molecule has 0 bridgehead atoms. The Kier molecular flexibility index (Phi) is 5.55. The molecule has 0 aromatic rings. The molecule has 1 rings (SSSR count). The molecule has 18 heavy (non-hydrogen) atoms. The molecule has 1 heterocycles. The Bertz CT molecular complexity index is 266. The van der Waals surface area contributed by atoms with Gasteiger partial charge < -0.3 is 19.6 Å². The minimum absolute atomic E-state index is 0.139. The van der Waals surface area contributed by atoms with Crippen molar-refractivity contribution < 1.29 is 9.59 Å². The molecule has 0 N–H and O–H groups in total. The van der Waals surface area contributed by atoms with Crippen LogP contribution >= 0.6 is 0 Å². The van der Waals surface area contributed by atoms with Crippen LogP contribution in [0.5, 0.6) is 0 Å². The molecule has 0 aliphatic carbocycles. The molecule has 0 atom stereocenters. The number of carbonyl (C=O) groups is 2. The van der Waals surface area contributed by atoms with E-state index < -0.39 is 0 Å². The Labute approximate surface area is 109 Å². The third-order valence-electron chi connectivity index (χ3n) is 2.89. The number of hydrogen-bond acceptors (Lipinski definition) is 4. The van der Waals surface area contributed by atoms with Crippen molar-refractivity contribution in [2.24, 2.45) is 0 Å². The fourth-order valence-electron chi connectivity index (χ4n) is 1.95. The Hall–Kier alpha value is -1.14. The number of rotatable bonds is 4. The molecular formula is C12H24N4O2. The van der Waals surface area contributed by atoms with E-state index in [0.29, 0.717) is 39.3 Å². The van der Waals surface area contributed by atoms with Gasteiger partial charge in [-0.3, -0.25) is 9.59 Å². The van der Waals surface area contributed by atoms with Gasteiger partial charge in [-0.05, 0) is 28.2 Å². The fourth-order valence-corrected chi connectivity index (χ4v) is 1.95. The number of likely N-dealkylation sites (N-methyl/N-ethyl adjacent to an activating group) is 2. The molecule has 0 aromatic carbocycles. The van der Waals surface area contributed by atoms with E-state index in [1.54, 1.807) is 0 Å². The second kappa shape index (κ2) is 6.70. The molecular weight excluding hydrogens is 232 g/mol. The van der Waals surface area contributed by atoms with Crippen molar-refractivity contribution in [1.29, 1.82) is 0 Å². The highest BCUT2D eigenvalue weighted by molar-refractivity contribution is 5.80. The lowest BCUT2D eigenvalue weighted by molar-refractivity contribution is -0.140. The van der Waals surface area contributed by atoms with E-state index in [2.05, 4.69) is 0 Å². The van der Waals surface area contributed by atoms with E-state index in [0.717, 1.165) is 0 Å². The van der Waals surface area contributed by atoms with Gasteiger partial charge in [0.2, 0.25) is 11.8 Å². The van der Waals surface area contributed by atoms with E-state index in [9.17, 15) is 9.59 Å². The van der Waals surface area contributed by atoms with Crippen LogP contribution in [-0.2, 0) is 9.59 Å². The van der Waals surface area contributed by atoms with Crippen molar-refractivity contribution in [3.05, 3.63) is 0 Å². The molecule has 1 fully saturated rings. The van der Waals surface area contributed by atoms with Gasteiger partial charge in [-0.2, -0.15) is 0 Å². The Balaban J connectivity index is 2.36. The average Bonchev–Trinajstić information content (AvgIpc) is 2.27. The van der Waals surface area contributed by atoms with Crippen molar-refractivity contribution in [2.75, 3.05) is 67.5 Å². The van der Waals surface area contributed by atoms with Crippen molar-refractivity contribution in [2.45, 2.75) is 0 Å². The van der Waals surface area contributed by atoms with Gasteiger partial charge in [-0.15, -0.1) is 0 Å². The number of carbonyl (C=O) groups excluding carboxylic acids is 2. The summed E-state index contributed by atoms with van der Waals surface area (Å²) < 4.78 is 0. The molecule has 6 heteroatoms. The highest BCUT2D eigenvalue weighted by Gasteiger charge is 2.24. The SMILES string of the molecule is CN(C)CC(=O)N1CCN(C(=O)CN(C)C)CC1. The van der Waals surface area contributed by atoms with Gasteiger partial charge in [0.25, 0.3) is 0 Å². The Morgan fingerprint density at radius 1 is 0.778 bits per heavy atom. The first-order valence-corrected chi connectivity index (χ1v) is 6.25. The highest BCUT2D eigenvalue weighted by Crippen LogP contribution is 2.03. The van der Waals surface area contributed by atoms with Crippen molar-refractivity contribution in [3.63, 3.8) is 0 Å². The predicted molar refractivity (Wildman–Crippen MR) is 70.3 cm³/mol. The normalized spacial score (nSPS) is 16.6. The second-order valence-electron chi connectivity index (χ2n) is 5.24. The largest absolute Gasteiger partial charge is 0.338 e. The van der Waals surface area contributed by atoms with E-state index in [1.165, 1.54) is 0 Å². The molecule has 1 aliphatic heterocycles. The molecule has 2 amide bonds. The number of nitrogens with zero attached hydrogens (tertiary/aromatic N) is 4. The van der Waals surface area contributed by atoms with E-state index >= 15 is 0 Å². The zero-order valence-electron chi connectivity index (χ0n) is 11.8. The topological polar surface area (TPSA) is 47.1 Å². The van der Waals surface area contributed by atoms with Gasteiger partial charge in [-0.25, -0.2) is 0 Å². The lowest BCUT2D eigenvalue weighted by Crippen LogP contribution is -2.53. The summed E-state index contributed by atoms with van der Waals surface area (Å²) in [6.45, 7) is 3.45. The summed E-state index contributed by atoms with van der Waals surface area (Å²) in [7, 11) is 7.53. The molecule has 0 radical (unpaired) electrons. The average molecular weight is 256 g/mol. The lowest BCUT2D eigenvalue weighted by Gasteiger charge is -2.35. The molecule has 1 aliphatic rings. The summed E-state index contributed by atoms with van der Waals surface area (Å²) in [5, 5.41) is 0. The summed E-state index contributed by atoms with van der Waals surface area (Å²) in [5.41, 5.74) is 0. The minimum Gasteiger partial charge on any atom is -0.338 e. The zero-order valence-corrected chi connectivity index (χ0v) is 11.8. The van der Waals surface area contributed by atoms with Crippen LogP contribution in [0, 0.1) is 0 Å². The van der Waals surface area contributed by atoms with E-state index in [1.807, 2.05) is 47.8 Å². The van der Waals surface area contributed by atoms with Gasteiger partial charge in [0, 0.05) is 26.2 Å². The minimum atomic E-state index is 0.139.